The minimum atomic E-state index is 0.582. The number of hydrogen-bond acceptors (Lipinski definition) is 4. The molecule has 0 amide bonds. The predicted molar refractivity (Wildman–Crippen MR) is 116 cm³/mol. The Kier molecular flexibility index (Phi) is 6.83. The Morgan fingerprint density at radius 3 is 2.57 bits per heavy atom. The molecule has 154 valence electrons. The van der Waals surface area contributed by atoms with Crippen molar-refractivity contribution in [3.05, 3.63) is 35.9 Å². The Labute approximate surface area is 170 Å². The first-order valence-corrected chi connectivity index (χ1v) is 11.1. The Morgan fingerprint density at radius 2 is 1.86 bits per heavy atom. The van der Waals surface area contributed by atoms with E-state index in [4.69, 9.17) is 4.99 Å². The third-order valence-corrected chi connectivity index (χ3v) is 6.43. The molecule has 6 nitrogen and oxygen atoms in total. The first-order valence-electron chi connectivity index (χ1n) is 11.1. The number of hydrogen-bond donors (Lipinski definition) is 2. The predicted octanol–water partition coefficient (Wildman–Crippen LogP) is 1.21. The maximum atomic E-state index is 4.93. The molecule has 0 aliphatic carbocycles. The molecule has 2 unspecified atom stereocenters. The number of rotatable bonds is 7. The van der Waals surface area contributed by atoms with Crippen LogP contribution in [-0.2, 0) is 6.54 Å². The third kappa shape index (κ3) is 5.04. The molecule has 4 aliphatic heterocycles. The monoisotopic (exact) mass is 384 g/mol. The second-order valence-electron chi connectivity index (χ2n) is 8.34. The molecule has 6 heteroatoms. The second-order valence-corrected chi connectivity index (χ2v) is 8.34. The molecule has 2 bridgehead atoms. The molecule has 4 fully saturated rings. The van der Waals surface area contributed by atoms with Crippen LogP contribution in [0.15, 0.2) is 35.3 Å². The fraction of sp³-hybridized carbons (Fsp3) is 0.682. The Balaban J connectivity index is 1.29. The average Bonchev–Trinajstić information content (AvgIpc) is 3.18. The van der Waals surface area contributed by atoms with Crippen LogP contribution in [0.2, 0.25) is 0 Å². The summed E-state index contributed by atoms with van der Waals surface area (Å²) in [5.41, 5.74) is 1.41. The fourth-order valence-corrected chi connectivity index (χ4v) is 4.80. The van der Waals surface area contributed by atoms with Crippen LogP contribution in [0.4, 0.5) is 0 Å². The first kappa shape index (κ1) is 19.7. The van der Waals surface area contributed by atoms with Gasteiger partial charge in [0.05, 0.1) is 6.54 Å². The van der Waals surface area contributed by atoms with E-state index in [0.717, 1.165) is 32.1 Å². The summed E-state index contributed by atoms with van der Waals surface area (Å²) in [7, 11) is 0. The molecule has 0 radical (unpaired) electrons. The van der Waals surface area contributed by atoms with Crippen LogP contribution in [0, 0.1) is 0 Å². The van der Waals surface area contributed by atoms with E-state index in [1.54, 1.807) is 0 Å². The van der Waals surface area contributed by atoms with Gasteiger partial charge in [-0.25, -0.2) is 0 Å². The van der Waals surface area contributed by atoms with E-state index in [-0.39, 0.29) is 0 Å². The molecular formula is C22H36N6. The van der Waals surface area contributed by atoms with Gasteiger partial charge >= 0.3 is 0 Å². The minimum absolute atomic E-state index is 0.582. The number of aliphatic imine (C=N–C) groups is 1. The van der Waals surface area contributed by atoms with Gasteiger partial charge in [0.25, 0.3) is 0 Å². The highest BCUT2D eigenvalue weighted by Gasteiger charge is 2.31. The quantitative estimate of drug-likeness (QED) is 0.547. The van der Waals surface area contributed by atoms with Crippen LogP contribution < -0.4 is 10.6 Å². The lowest BCUT2D eigenvalue weighted by atomic mass is 10.1. The van der Waals surface area contributed by atoms with Gasteiger partial charge in [-0.3, -0.25) is 19.7 Å². The lowest BCUT2D eigenvalue weighted by Gasteiger charge is -2.47. The highest BCUT2D eigenvalue weighted by Crippen LogP contribution is 2.19. The molecule has 0 saturated carbocycles. The van der Waals surface area contributed by atoms with E-state index < -0.39 is 0 Å². The first-order chi connectivity index (χ1) is 13.8. The lowest BCUT2D eigenvalue weighted by molar-refractivity contribution is 0.0174. The van der Waals surface area contributed by atoms with Crippen molar-refractivity contribution in [3.8, 4) is 0 Å². The topological polar surface area (TPSA) is 46.1 Å². The number of guanidine groups is 1. The summed E-state index contributed by atoms with van der Waals surface area (Å²) in [6.45, 7) is 13.2. The fourth-order valence-electron chi connectivity index (χ4n) is 4.80. The van der Waals surface area contributed by atoms with Crippen LogP contribution in [0.25, 0.3) is 0 Å². The smallest absolute Gasteiger partial charge is 0.191 e. The SMILES string of the molecule is CCNC(=NCC1CN2CCN1CC2)NCC1CCCN1Cc1ccccc1. The molecule has 1 aromatic carbocycles. The van der Waals surface area contributed by atoms with Crippen molar-refractivity contribution in [3.63, 3.8) is 0 Å². The van der Waals surface area contributed by atoms with E-state index in [1.807, 2.05) is 0 Å². The summed E-state index contributed by atoms with van der Waals surface area (Å²) in [6.07, 6.45) is 2.56. The summed E-state index contributed by atoms with van der Waals surface area (Å²) in [5, 5.41) is 7.07. The maximum Gasteiger partial charge on any atom is 0.191 e. The molecular weight excluding hydrogens is 348 g/mol. The number of fused-ring (bicyclic) bond motifs is 3. The molecule has 4 heterocycles. The molecule has 4 saturated heterocycles. The molecule has 2 atom stereocenters. The molecule has 5 rings (SSSR count). The largest absolute Gasteiger partial charge is 0.357 e. The normalized spacial score (nSPS) is 30.5. The van der Waals surface area contributed by atoms with Gasteiger partial charge in [0.2, 0.25) is 0 Å². The van der Waals surface area contributed by atoms with Gasteiger partial charge < -0.3 is 10.6 Å². The van der Waals surface area contributed by atoms with Crippen molar-refractivity contribution < 1.29 is 0 Å². The standard InChI is InChI=1S/C22H36N6/c1-2-23-22(25-16-21-18-26-11-13-27(21)14-12-26)24-15-20-9-6-10-28(20)17-19-7-4-3-5-8-19/h3-5,7-8,20-21H,2,6,9-18H2,1H3,(H2,23,24,25). The van der Waals surface area contributed by atoms with Crippen LogP contribution >= 0.6 is 0 Å². The lowest BCUT2D eigenvalue weighted by Crippen LogP contribution is -2.62. The average molecular weight is 385 g/mol. The van der Waals surface area contributed by atoms with Crippen molar-refractivity contribution in [2.45, 2.75) is 38.4 Å². The number of likely N-dealkylation sites (tertiary alicyclic amines) is 1. The van der Waals surface area contributed by atoms with Crippen LogP contribution in [0.3, 0.4) is 0 Å². The van der Waals surface area contributed by atoms with E-state index >= 15 is 0 Å². The zero-order chi connectivity index (χ0) is 19.2. The van der Waals surface area contributed by atoms with Crippen molar-refractivity contribution in [2.75, 3.05) is 58.9 Å². The van der Waals surface area contributed by atoms with Crippen LogP contribution in [0.1, 0.15) is 25.3 Å². The van der Waals surface area contributed by atoms with E-state index in [1.165, 1.54) is 57.7 Å². The number of benzene rings is 1. The highest BCUT2D eigenvalue weighted by atomic mass is 15.3. The number of nitrogens with zero attached hydrogens (tertiary/aromatic N) is 4. The summed E-state index contributed by atoms with van der Waals surface area (Å²) < 4.78 is 0. The summed E-state index contributed by atoms with van der Waals surface area (Å²) in [4.78, 5) is 12.8. The molecule has 0 spiro atoms. The van der Waals surface area contributed by atoms with Gasteiger partial charge in [-0.05, 0) is 31.9 Å². The van der Waals surface area contributed by atoms with Gasteiger partial charge in [-0.15, -0.1) is 0 Å². The summed E-state index contributed by atoms with van der Waals surface area (Å²) >= 11 is 0. The van der Waals surface area contributed by atoms with Gasteiger partial charge in [0, 0.05) is 64.4 Å². The van der Waals surface area contributed by atoms with E-state index in [0.29, 0.717) is 12.1 Å². The maximum absolute atomic E-state index is 4.93. The van der Waals surface area contributed by atoms with Crippen molar-refractivity contribution in [1.29, 1.82) is 0 Å². The Morgan fingerprint density at radius 1 is 1.04 bits per heavy atom. The summed E-state index contributed by atoms with van der Waals surface area (Å²) in [6, 6.07) is 12.0. The van der Waals surface area contributed by atoms with Crippen molar-refractivity contribution in [2.24, 2.45) is 4.99 Å². The van der Waals surface area contributed by atoms with Gasteiger partial charge in [-0.2, -0.15) is 0 Å². The molecule has 0 aromatic heterocycles. The Bertz CT molecular complexity index is 625. The van der Waals surface area contributed by atoms with Gasteiger partial charge in [0.1, 0.15) is 0 Å². The summed E-state index contributed by atoms with van der Waals surface area (Å²) in [5.74, 6) is 0.978. The zero-order valence-electron chi connectivity index (χ0n) is 17.3. The Hall–Kier alpha value is -1.63. The van der Waals surface area contributed by atoms with Crippen molar-refractivity contribution in [1.82, 2.24) is 25.3 Å². The second kappa shape index (κ2) is 9.72. The third-order valence-electron chi connectivity index (χ3n) is 6.43. The molecule has 28 heavy (non-hydrogen) atoms. The number of piperazine rings is 3. The minimum Gasteiger partial charge on any atom is -0.357 e. The molecule has 2 N–H and O–H groups in total. The molecule has 1 aromatic rings. The van der Waals surface area contributed by atoms with Gasteiger partial charge in [-0.1, -0.05) is 30.3 Å². The van der Waals surface area contributed by atoms with E-state index in [2.05, 4.69) is 62.6 Å². The molecule has 4 aliphatic rings. The zero-order valence-corrected chi connectivity index (χ0v) is 17.3. The van der Waals surface area contributed by atoms with Crippen LogP contribution in [-0.4, -0.2) is 91.6 Å². The van der Waals surface area contributed by atoms with Gasteiger partial charge in [0.15, 0.2) is 5.96 Å². The highest BCUT2D eigenvalue weighted by molar-refractivity contribution is 5.79. The van der Waals surface area contributed by atoms with Crippen LogP contribution in [0.5, 0.6) is 0 Å². The number of nitrogens with one attached hydrogen (secondary N) is 2. The van der Waals surface area contributed by atoms with E-state index in [9.17, 15) is 0 Å². The van der Waals surface area contributed by atoms with Crippen molar-refractivity contribution >= 4 is 5.96 Å².